The maximum absolute atomic E-state index is 11.3. The number of halogens is 1. The zero-order chi connectivity index (χ0) is 9.47. The standard InChI is InChI=1S/C9H11NO2S.ClH/c10-8-6-13(11,12)9(8)7-4-2-1-3-5-7;/h1-5,8-9H,6,10H2;1H. The predicted molar refractivity (Wildman–Crippen MR) is 58.2 cm³/mol. The molecule has 2 rings (SSSR count). The summed E-state index contributed by atoms with van der Waals surface area (Å²) >= 11 is 0. The lowest BCUT2D eigenvalue weighted by Crippen LogP contribution is -2.50. The summed E-state index contributed by atoms with van der Waals surface area (Å²) in [5, 5.41) is -0.478. The minimum absolute atomic E-state index is 0. The van der Waals surface area contributed by atoms with Gasteiger partial charge in [0.15, 0.2) is 9.84 Å². The molecule has 1 aliphatic heterocycles. The Balaban J connectivity index is 0.000000980. The number of sulfone groups is 1. The lowest BCUT2D eigenvalue weighted by Gasteiger charge is -2.33. The van der Waals surface area contributed by atoms with Crippen molar-refractivity contribution in [3.8, 4) is 0 Å². The van der Waals surface area contributed by atoms with Crippen LogP contribution in [0.15, 0.2) is 30.3 Å². The Morgan fingerprint density at radius 3 is 2.21 bits per heavy atom. The first-order valence-corrected chi connectivity index (χ1v) is 5.85. The van der Waals surface area contributed by atoms with E-state index in [-0.39, 0.29) is 24.2 Å². The summed E-state index contributed by atoms with van der Waals surface area (Å²) in [6.07, 6.45) is 0. The SMILES string of the molecule is Cl.NC1CS(=O)(=O)C1c1ccccc1. The van der Waals surface area contributed by atoms with Gasteiger partial charge in [0, 0.05) is 6.04 Å². The lowest BCUT2D eigenvalue weighted by atomic mass is 10.1. The second kappa shape index (κ2) is 3.88. The van der Waals surface area contributed by atoms with Crippen LogP contribution < -0.4 is 5.73 Å². The fourth-order valence-corrected chi connectivity index (χ4v) is 3.48. The van der Waals surface area contributed by atoms with Gasteiger partial charge in [-0.2, -0.15) is 0 Å². The molecule has 2 unspecified atom stereocenters. The fourth-order valence-electron chi connectivity index (χ4n) is 1.70. The van der Waals surface area contributed by atoms with Crippen molar-refractivity contribution < 1.29 is 8.42 Å². The third-order valence-corrected chi connectivity index (χ3v) is 4.57. The molecule has 1 fully saturated rings. The molecule has 3 nitrogen and oxygen atoms in total. The van der Waals surface area contributed by atoms with Crippen LogP contribution in [0.4, 0.5) is 0 Å². The van der Waals surface area contributed by atoms with Gasteiger partial charge < -0.3 is 5.73 Å². The van der Waals surface area contributed by atoms with Gasteiger partial charge >= 0.3 is 0 Å². The van der Waals surface area contributed by atoms with Crippen molar-refractivity contribution >= 4 is 22.2 Å². The Kier molecular flexibility index (Phi) is 3.19. The summed E-state index contributed by atoms with van der Waals surface area (Å²) in [6, 6.07) is 8.90. The van der Waals surface area contributed by atoms with E-state index >= 15 is 0 Å². The highest BCUT2D eigenvalue weighted by Gasteiger charge is 2.44. The molecule has 0 amide bonds. The first-order chi connectivity index (χ1) is 6.11. The third-order valence-electron chi connectivity index (χ3n) is 2.33. The number of benzene rings is 1. The van der Waals surface area contributed by atoms with E-state index in [9.17, 15) is 8.42 Å². The van der Waals surface area contributed by atoms with Crippen LogP contribution >= 0.6 is 12.4 Å². The van der Waals surface area contributed by atoms with Crippen molar-refractivity contribution in [1.29, 1.82) is 0 Å². The summed E-state index contributed by atoms with van der Waals surface area (Å²) in [5.41, 5.74) is 6.46. The van der Waals surface area contributed by atoms with E-state index in [1.807, 2.05) is 18.2 Å². The predicted octanol–water partition coefficient (Wildman–Crippen LogP) is 0.905. The van der Waals surface area contributed by atoms with Gasteiger partial charge in [-0.3, -0.25) is 0 Å². The molecule has 0 aliphatic carbocycles. The molecule has 1 saturated heterocycles. The Bertz CT molecular complexity index is 404. The van der Waals surface area contributed by atoms with Crippen molar-refractivity contribution in [2.45, 2.75) is 11.3 Å². The molecule has 78 valence electrons. The maximum Gasteiger partial charge on any atom is 0.160 e. The Labute approximate surface area is 89.6 Å². The summed E-state index contributed by atoms with van der Waals surface area (Å²) in [5.74, 6) is 0.118. The third kappa shape index (κ3) is 1.78. The van der Waals surface area contributed by atoms with Crippen LogP contribution in [0.5, 0.6) is 0 Å². The Morgan fingerprint density at radius 1 is 1.21 bits per heavy atom. The number of hydrogen-bond donors (Lipinski definition) is 1. The molecule has 1 aliphatic rings. The minimum atomic E-state index is -2.95. The highest BCUT2D eigenvalue weighted by Crippen LogP contribution is 2.34. The van der Waals surface area contributed by atoms with Gasteiger partial charge in [0.05, 0.1) is 5.75 Å². The van der Waals surface area contributed by atoms with Crippen LogP contribution in [0.25, 0.3) is 0 Å². The van der Waals surface area contributed by atoms with Gasteiger partial charge in [-0.15, -0.1) is 12.4 Å². The van der Waals surface area contributed by atoms with E-state index in [1.165, 1.54) is 0 Å². The molecule has 0 radical (unpaired) electrons. The van der Waals surface area contributed by atoms with Crippen molar-refractivity contribution in [3.05, 3.63) is 35.9 Å². The van der Waals surface area contributed by atoms with Crippen molar-refractivity contribution in [2.24, 2.45) is 5.73 Å². The van der Waals surface area contributed by atoms with Gasteiger partial charge in [0.2, 0.25) is 0 Å². The average Bonchev–Trinajstić information content (AvgIpc) is 2.04. The molecule has 0 aromatic heterocycles. The Hall–Kier alpha value is -0.580. The van der Waals surface area contributed by atoms with E-state index < -0.39 is 15.1 Å². The van der Waals surface area contributed by atoms with Crippen LogP contribution in [0, 0.1) is 0 Å². The molecule has 5 heteroatoms. The molecule has 2 N–H and O–H groups in total. The summed E-state index contributed by atoms with van der Waals surface area (Å²) in [4.78, 5) is 0. The first-order valence-electron chi connectivity index (χ1n) is 4.13. The molecule has 1 aromatic rings. The smallest absolute Gasteiger partial charge is 0.160 e. The van der Waals surface area contributed by atoms with Gasteiger partial charge in [0.25, 0.3) is 0 Å². The van der Waals surface area contributed by atoms with E-state index in [2.05, 4.69) is 0 Å². The van der Waals surface area contributed by atoms with Crippen molar-refractivity contribution in [3.63, 3.8) is 0 Å². The molecule has 0 saturated carbocycles. The second-order valence-corrected chi connectivity index (χ2v) is 5.49. The quantitative estimate of drug-likeness (QED) is 0.784. The molecule has 0 bridgehead atoms. The molecule has 1 aromatic carbocycles. The van der Waals surface area contributed by atoms with Crippen LogP contribution in [0.1, 0.15) is 10.8 Å². The normalized spacial score (nSPS) is 28.6. The molecule has 0 spiro atoms. The van der Waals surface area contributed by atoms with E-state index in [1.54, 1.807) is 12.1 Å². The minimum Gasteiger partial charge on any atom is -0.325 e. The molecular formula is C9H12ClNO2S. The van der Waals surface area contributed by atoms with Crippen molar-refractivity contribution in [1.82, 2.24) is 0 Å². The summed E-state index contributed by atoms with van der Waals surface area (Å²) in [6.45, 7) is 0. The largest absolute Gasteiger partial charge is 0.325 e. The maximum atomic E-state index is 11.3. The molecule has 14 heavy (non-hydrogen) atoms. The summed E-state index contributed by atoms with van der Waals surface area (Å²) < 4.78 is 22.7. The lowest BCUT2D eigenvalue weighted by molar-refractivity contribution is 0.523. The highest BCUT2D eigenvalue weighted by molar-refractivity contribution is 7.93. The van der Waals surface area contributed by atoms with Crippen LogP contribution in [-0.4, -0.2) is 20.2 Å². The number of nitrogens with two attached hydrogens (primary N) is 1. The van der Waals surface area contributed by atoms with Gasteiger partial charge in [-0.1, -0.05) is 30.3 Å². The highest BCUT2D eigenvalue weighted by atomic mass is 35.5. The van der Waals surface area contributed by atoms with E-state index in [0.717, 1.165) is 5.56 Å². The number of rotatable bonds is 1. The van der Waals surface area contributed by atoms with E-state index in [0.29, 0.717) is 0 Å². The Morgan fingerprint density at radius 2 is 1.79 bits per heavy atom. The molecule has 2 atom stereocenters. The van der Waals surface area contributed by atoms with Gasteiger partial charge in [-0.05, 0) is 5.56 Å². The molecule has 1 heterocycles. The zero-order valence-electron chi connectivity index (χ0n) is 7.46. The fraction of sp³-hybridized carbons (Fsp3) is 0.333. The van der Waals surface area contributed by atoms with E-state index in [4.69, 9.17) is 5.73 Å². The number of hydrogen-bond acceptors (Lipinski definition) is 3. The zero-order valence-corrected chi connectivity index (χ0v) is 9.09. The topological polar surface area (TPSA) is 60.2 Å². The van der Waals surface area contributed by atoms with Gasteiger partial charge in [0.1, 0.15) is 5.25 Å². The first kappa shape index (κ1) is 11.5. The monoisotopic (exact) mass is 233 g/mol. The summed E-state index contributed by atoms with van der Waals surface area (Å²) in [7, 11) is -2.95. The van der Waals surface area contributed by atoms with Crippen LogP contribution in [0.3, 0.4) is 0 Å². The second-order valence-electron chi connectivity index (χ2n) is 3.32. The van der Waals surface area contributed by atoms with Gasteiger partial charge in [-0.25, -0.2) is 8.42 Å². The van der Waals surface area contributed by atoms with Crippen LogP contribution in [0.2, 0.25) is 0 Å². The van der Waals surface area contributed by atoms with Crippen molar-refractivity contribution in [2.75, 3.05) is 5.75 Å². The van der Waals surface area contributed by atoms with Crippen LogP contribution in [-0.2, 0) is 9.84 Å². The average molecular weight is 234 g/mol. The molecular weight excluding hydrogens is 222 g/mol.